The predicted octanol–water partition coefficient (Wildman–Crippen LogP) is 2.27. The van der Waals surface area contributed by atoms with E-state index in [1.165, 1.54) is 6.08 Å². The van der Waals surface area contributed by atoms with Crippen molar-refractivity contribution in [1.82, 2.24) is 0 Å². The van der Waals surface area contributed by atoms with Crippen LogP contribution in [0.4, 0.5) is 13.2 Å². The lowest BCUT2D eigenvalue weighted by Crippen LogP contribution is -2.28. The summed E-state index contributed by atoms with van der Waals surface area (Å²) in [5.41, 5.74) is 0. The molecule has 0 saturated heterocycles. The van der Waals surface area contributed by atoms with Gasteiger partial charge in [-0.3, -0.25) is 0 Å². The standard InChI is InChI=1S/C7H11F3O/c1-2-3-4-5-6(11)7(8,9)10/h2,6,11H,1,3-5H2/t6-/m1/s1. The lowest BCUT2D eigenvalue weighted by molar-refractivity contribution is -0.205. The van der Waals surface area contributed by atoms with E-state index in [9.17, 15) is 13.2 Å². The summed E-state index contributed by atoms with van der Waals surface area (Å²) < 4.78 is 34.8. The van der Waals surface area contributed by atoms with Crippen molar-refractivity contribution in [3.63, 3.8) is 0 Å². The molecule has 1 atom stereocenters. The summed E-state index contributed by atoms with van der Waals surface area (Å²) in [6.45, 7) is 3.36. The van der Waals surface area contributed by atoms with Gasteiger partial charge in [0.2, 0.25) is 0 Å². The molecule has 0 rings (SSSR count). The topological polar surface area (TPSA) is 20.2 Å². The SMILES string of the molecule is C=CCCC[C@@H](O)C(F)(F)F. The molecule has 0 bridgehead atoms. The van der Waals surface area contributed by atoms with E-state index in [-0.39, 0.29) is 6.42 Å². The second kappa shape index (κ2) is 4.38. The fourth-order valence-electron chi connectivity index (χ4n) is 0.619. The number of halogens is 3. The van der Waals surface area contributed by atoms with E-state index in [4.69, 9.17) is 5.11 Å². The molecule has 4 heteroatoms. The van der Waals surface area contributed by atoms with Gasteiger partial charge in [-0.1, -0.05) is 6.08 Å². The van der Waals surface area contributed by atoms with Gasteiger partial charge < -0.3 is 5.11 Å². The number of aliphatic hydroxyl groups excluding tert-OH is 1. The zero-order chi connectivity index (χ0) is 8.91. The predicted molar refractivity (Wildman–Crippen MR) is 36.1 cm³/mol. The molecule has 0 aromatic carbocycles. The zero-order valence-corrected chi connectivity index (χ0v) is 6.06. The van der Waals surface area contributed by atoms with E-state index in [1.54, 1.807) is 0 Å². The van der Waals surface area contributed by atoms with Crippen molar-refractivity contribution in [2.45, 2.75) is 31.5 Å². The van der Waals surface area contributed by atoms with Gasteiger partial charge in [-0.25, -0.2) is 0 Å². The molecule has 1 nitrogen and oxygen atoms in total. The van der Waals surface area contributed by atoms with Crippen LogP contribution in [-0.2, 0) is 0 Å². The number of unbranched alkanes of at least 4 members (excludes halogenated alkanes) is 1. The van der Waals surface area contributed by atoms with Crippen molar-refractivity contribution in [3.05, 3.63) is 12.7 Å². The first-order chi connectivity index (χ1) is 4.98. The highest BCUT2D eigenvalue weighted by Gasteiger charge is 2.37. The lowest BCUT2D eigenvalue weighted by Gasteiger charge is -2.13. The summed E-state index contributed by atoms with van der Waals surface area (Å²) >= 11 is 0. The number of allylic oxidation sites excluding steroid dienone is 1. The molecule has 1 N–H and O–H groups in total. The smallest absolute Gasteiger partial charge is 0.384 e. The van der Waals surface area contributed by atoms with Gasteiger partial charge in [0.05, 0.1) is 0 Å². The molecule has 66 valence electrons. The van der Waals surface area contributed by atoms with E-state index >= 15 is 0 Å². The Balaban J connectivity index is 3.52. The van der Waals surface area contributed by atoms with Gasteiger partial charge >= 0.3 is 6.18 Å². The van der Waals surface area contributed by atoms with Gasteiger partial charge in [0, 0.05) is 0 Å². The molecule has 0 aliphatic rings. The van der Waals surface area contributed by atoms with E-state index in [2.05, 4.69) is 6.58 Å². The van der Waals surface area contributed by atoms with Gasteiger partial charge in [0.15, 0.2) is 0 Å². The number of aliphatic hydroxyl groups is 1. The van der Waals surface area contributed by atoms with Crippen molar-refractivity contribution in [2.75, 3.05) is 0 Å². The van der Waals surface area contributed by atoms with Crippen molar-refractivity contribution in [1.29, 1.82) is 0 Å². The molecule has 0 heterocycles. The van der Waals surface area contributed by atoms with Crippen LogP contribution in [0, 0.1) is 0 Å². The molecule has 0 spiro atoms. The van der Waals surface area contributed by atoms with E-state index in [0.717, 1.165) is 0 Å². The number of alkyl halides is 3. The highest BCUT2D eigenvalue weighted by atomic mass is 19.4. The molecule has 0 aliphatic carbocycles. The van der Waals surface area contributed by atoms with Crippen LogP contribution in [0.25, 0.3) is 0 Å². The molecule has 0 aromatic heterocycles. The first-order valence-corrected chi connectivity index (χ1v) is 3.34. The summed E-state index contributed by atoms with van der Waals surface area (Å²) in [5, 5.41) is 8.45. The Kier molecular flexibility index (Phi) is 4.18. The summed E-state index contributed by atoms with van der Waals surface area (Å²) in [7, 11) is 0. The third-order valence-electron chi connectivity index (χ3n) is 1.26. The first kappa shape index (κ1) is 10.5. The maximum Gasteiger partial charge on any atom is 0.414 e. The quantitative estimate of drug-likeness (QED) is 0.504. The Morgan fingerprint density at radius 2 is 2.00 bits per heavy atom. The average molecular weight is 168 g/mol. The first-order valence-electron chi connectivity index (χ1n) is 3.34. The van der Waals surface area contributed by atoms with Crippen molar-refractivity contribution < 1.29 is 18.3 Å². The molecule has 0 unspecified atom stereocenters. The Hall–Kier alpha value is -0.510. The Bertz CT molecular complexity index is 119. The molecular weight excluding hydrogens is 157 g/mol. The van der Waals surface area contributed by atoms with Gasteiger partial charge in [-0.15, -0.1) is 6.58 Å². The van der Waals surface area contributed by atoms with Crippen LogP contribution in [0.3, 0.4) is 0 Å². The lowest BCUT2D eigenvalue weighted by atomic mass is 10.1. The number of rotatable bonds is 4. The van der Waals surface area contributed by atoms with Gasteiger partial charge in [0.1, 0.15) is 6.10 Å². The van der Waals surface area contributed by atoms with Gasteiger partial charge in [0.25, 0.3) is 0 Å². The Morgan fingerprint density at radius 3 is 2.36 bits per heavy atom. The summed E-state index contributed by atoms with van der Waals surface area (Å²) in [5.74, 6) is 0. The van der Waals surface area contributed by atoms with Crippen LogP contribution < -0.4 is 0 Å². The molecule has 0 aromatic rings. The highest BCUT2D eigenvalue weighted by Crippen LogP contribution is 2.23. The fraction of sp³-hybridized carbons (Fsp3) is 0.714. The molecule has 0 fully saturated rings. The number of hydrogen-bond donors (Lipinski definition) is 1. The molecule has 0 amide bonds. The molecule has 0 saturated carbocycles. The Labute approximate surface area is 63.5 Å². The maximum atomic E-state index is 11.6. The minimum absolute atomic E-state index is 0.241. The third-order valence-corrected chi connectivity index (χ3v) is 1.26. The average Bonchev–Trinajstić information content (AvgIpc) is 1.86. The minimum Gasteiger partial charge on any atom is -0.384 e. The fourth-order valence-corrected chi connectivity index (χ4v) is 0.619. The highest BCUT2D eigenvalue weighted by molar-refractivity contribution is 4.70. The normalized spacial score (nSPS) is 14.5. The summed E-state index contributed by atoms with van der Waals surface area (Å²) in [6, 6.07) is 0. The summed E-state index contributed by atoms with van der Waals surface area (Å²) in [4.78, 5) is 0. The van der Waals surface area contributed by atoms with Gasteiger partial charge in [-0.05, 0) is 19.3 Å². The monoisotopic (exact) mass is 168 g/mol. The number of hydrogen-bond acceptors (Lipinski definition) is 1. The largest absolute Gasteiger partial charge is 0.414 e. The van der Waals surface area contributed by atoms with Crippen LogP contribution in [0.2, 0.25) is 0 Å². The zero-order valence-electron chi connectivity index (χ0n) is 6.06. The van der Waals surface area contributed by atoms with E-state index in [0.29, 0.717) is 12.8 Å². The van der Waals surface area contributed by atoms with Crippen LogP contribution >= 0.6 is 0 Å². The Morgan fingerprint density at radius 1 is 1.45 bits per heavy atom. The van der Waals surface area contributed by atoms with E-state index in [1.807, 2.05) is 0 Å². The van der Waals surface area contributed by atoms with Crippen molar-refractivity contribution in [3.8, 4) is 0 Å². The summed E-state index contributed by atoms with van der Waals surface area (Å²) in [6.07, 6.45) is -4.53. The second-order valence-electron chi connectivity index (χ2n) is 2.28. The van der Waals surface area contributed by atoms with E-state index < -0.39 is 12.3 Å². The second-order valence-corrected chi connectivity index (χ2v) is 2.28. The molecule has 0 radical (unpaired) electrons. The maximum absolute atomic E-state index is 11.6. The molecule has 0 aliphatic heterocycles. The molecular formula is C7H11F3O. The van der Waals surface area contributed by atoms with Crippen LogP contribution in [0.15, 0.2) is 12.7 Å². The third kappa shape index (κ3) is 4.84. The van der Waals surface area contributed by atoms with Gasteiger partial charge in [-0.2, -0.15) is 13.2 Å². The van der Waals surface area contributed by atoms with Crippen LogP contribution in [-0.4, -0.2) is 17.4 Å². The molecule has 11 heavy (non-hydrogen) atoms. The van der Waals surface area contributed by atoms with Crippen molar-refractivity contribution in [2.24, 2.45) is 0 Å². The van der Waals surface area contributed by atoms with Crippen LogP contribution in [0.1, 0.15) is 19.3 Å². The minimum atomic E-state index is -4.47. The van der Waals surface area contributed by atoms with Crippen LogP contribution in [0.5, 0.6) is 0 Å². The van der Waals surface area contributed by atoms with Crippen molar-refractivity contribution >= 4 is 0 Å².